The van der Waals surface area contributed by atoms with E-state index in [-0.39, 0.29) is 5.03 Å². The van der Waals surface area contributed by atoms with E-state index in [2.05, 4.69) is 10.1 Å². The van der Waals surface area contributed by atoms with Gasteiger partial charge in [-0.3, -0.25) is 0 Å². The molecule has 72 valence electrons. The van der Waals surface area contributed by atoms with Crippen molar-refractivity contribution in [1.82, 2.24) is 4.98 Å². The number of hydrogen-bond acceptors (Lipinski definition) is 6. The average molecular weight is 211 g/mol. The fourth-order valence-corrected chi connectivity index (χ4v) is 1.62. The number of hydrogen-bond donors (Lipinski definition) is 1. The Bertz CT molecular complexity index is 487. The molecule has 1 aromatic heterocycles. The largest absolute Gasteiger partial charge is 0.409 e. The number of pyridine rings is 1. The Labute approximate surface area is 80.0 Å². The van der Waals surface area contributed by atoms with Crippen molar-refractivity contribution in [3.63, 3.8) is 0 Å². The number of sulfone groups is 1. The highest BCUT2D eigenvalue weighted by atomic mass is 32.2. The van der Waals surface area contributed by atoms with Crippen LogP contribution in [0.4, 0.5) is 0 Å². The molecule has 0 radical (unpaired) electrons. The van der Waals surface area contributed by atoms with Crippen molar-refractivity contribution in [2.24, 2.45) is 5.16 Å². The first-order valence-corrected chi connectivity index (χ1v) is 4.89. The summed E-state index contributed by atoms with van der Waals surface area (Å²) < 4.78 is 22.8. The number of rotatable bonds is 1. The molecule has 0 aliphatic rings. The number of nitriles is 1. The van der Waals surface area contributed by atoms with Gasteiger partial charge in [0.2, 0.25) is 0 Å². The third-order valence-electron chi connectivity index (χ3n) is 1.35. The van der Waals surface area contributed by atoms with E-state index in [9.17, 15) is 8.42 Å². The van der Waals surface area contributed by atoms with Crippen LogP contribution < -0.4 is 0 Å². The van der Waals surface area contributed by atoms with Crippen molar-refractivity contribution >= 4 is 14.9 Å². The minimum atomic E-state index is -4.07. The Kier molecular flexibility index (Phi) is 2.79. The van der Waals surface area contributed by atoms with Crippen molar-refractivity contribution < 1.29 is 13.6 Å². The number of oxime groups is 1. The summed E-state index contributed by atoms with van der Waals surface area (Å²) in [6, 6.07) is 5.45. The molecular weight excluding hydrogens is 206 g/mol. The van der Waals surface area contributed by atoms with Crippen LogP contribution in [-0.2, 0) is 9.84 Å². The summed E-state index contributed by atoms with van der Waals surface area (Å²) >= 11 is 0. The highest BCUT2D eigenvalue weighted by molar-refractivity contribution is 8.07. The van der Waals surface area contributed by atoms with Gasteiger partial charge in [-0.05, 0) is 12.1 Å². The second-order valence-electron chi connectivity index (χ2n) is 2.19. The molecule has 0 aromatic carbocycles. The predicted molar refractivity (Wildman–Crippen MR) is 46.3 cm³/mol. The SMILES string of the molecule is N#C/C(=N/O)S(=O)(=O)c1ccccn1. The smallest absolute Gasteiger partial charge is 0.276 e. The lowest BCUT2D eigenvalue weighted by Gasteiger charge is -1.97. The molecule has 0 aliphatic heterocycles. The van der Waals surface area contributed by atoms with Crippen molar-refractivity contribution in [2.75, 3.05) is 0 Å². The van der Waals surface area contributed by atoms with Crippen molar-refractivity contribution in [1.29, 1.82) is 5.26 Å². The molecule has 14 heavy (non-hydrogen) atoms. The van der Waals surface area contributed by atoms with Crippen molar-refractivity contribution in [2.45, 2.75) is 5.03 Å². The lowest BCUT2D eigenvalue weighted by molar-refractivity contribution is 0.321. The molecule has 1 N–H and O–H groups in total. The molecule has 0 spiro atoms. The van der Waals surface area contributed by atoms with Crippen LogP contribution in [0.1, 0.15) is 0 Å². The second kappa shape index (κ2) is 3.85. The zero-order chi connectivity index (χ0) is 10.6. The Balaban J connectivity index is 3.32. The molecule has 0 atom stereocenters. The average Bonchev–Trinajstić information content (AvgIpc) is 2.20. The topological polar surface area (TPSA) is 103 Å². The molecule has 0 unspecified atom stereocenters. The predicted octanol–water partition coefficient (Wildman–Crippen LogP) is 0.167. The van der Waals surface area contributed by atoms with Crippen LogP contribution in [0, 0.1) is 11.3 Å². The molecule has 0 amide bonds. The van der Waals surface area contributed by atoms with Gasteiger partial charge in [0.1, 0.15) is 6.07 Å². The lowest BCUT2D eigenvalue weighted by Crippen LogP contribution is -2.14. The standard InChI is InChI=1S/C7H5N3O3S/c8-5-7(10-11)14(12,13)6-3-1-2-4-9-6/h1-4,11H/b10-7-. The minimum Gasteiger partial charge on any atom is -0.409 e. The number of aromatic nitrogens is 1. The van der Waals surface area contributed by atoms with Crippen LogP contribution in [0.15, 0.2) is 34.6 Å². The summed E-state index contributed by atoms with van der Waals surface area (Å²) in [5.41, 5.74) is 0. The summed E-state index contributed by atoms with van der Waals surface area (Å²) in [5.74, 6) is 0. The second-order valence-corrected chi connectivity index (χ2v) is 4.00. The Morgan fingerprint density at radius 2 is 2.29 bits per heavy atom. The van der Waals surface area contributed by atoms with Crippen LogP contribution in [0.5, 0.6) is 0 Å². The van der Waals surface area contributed by atoms with E-state index in [4.69, 9.17) is 10.5 Å². The molecule has 0 saturated heterocycles. The molecule has 6 nitrogen and oxygen atoms in total. The van der Waals surface area contributed by atoms with E-state index < -0.39 is 14.9 Å². The summed E-state index contributed by atoms with van der Waals surface area (Å²) in [7, 11) is -4.07. The molecule has 0 aliphatic carbocycles. The van der Waals surface area contributed by atoms with Gasteiger partial charge in [0.25, 0.3) is 14.9 Å². The lowest BCUT2D eigenvalue weighted by atomic mass is 10.5. The third-order valence-corrected chi connectivity index (χ3v) is 2.83. The summed E-state index contributed by atoms with van der Waals surface area (Å²) in [4.78, 5) is 3.54. The minimum absolute atomic E-state index is 0.325. The van der Waals surface area contributed by atoms with Crippen LogP contribution in [-0.4, -0.2) is 23.7 Å². The maximum atomic E-state index is 11.4. The van der Waals surface area contributed by atoms with Gasteiger partial charge in [0, 0.05) is 6.20 Å². The van der Waals surface area contributed by atoms with Crippen LogP contribution >= 0.6 is 0 Å². The van der Waals surface area contributed by atoms with E-state index >= 15 is 0 Å². The van der Waals surface area contributed by atoms with Crippen LogP contribution in [0.25, 0.3) is 0 Å². The third kappa shape index (κ3) is 1.70. The van der Waals surface area contributed by atoms with E-state index in [0.29, 0.717) is 0 Å². The van der Waals surface area contributed by atoms with E-state index in [1.807, 2.05) is 0 Å². The maximum Gasteiger partial charge on any atom is 0.276 e. The molecule has 1 aromatic rings. The zero-order valence-corrected chi connectivity index (χ0v) is 7.64. The Morgan fingerprint density at radius 3 is 2.71 bits per heavy atom. The van der Waals surface area contributed by atoms with Gasteiger partial charge in [-0.25, -0.2) is 13.4 Å². The highest BCUT2D eigenvalue weighted by Gasteiger charge is 2.24. The number of nitrogens with zero attached hydrogens (tertiary/aromatic N) is 3. The molecular formula is C7H5N3O3S. The van der Waals surface area contributed by atoms with Gasteiger partial charge in [0.05, 0.1) is 0 Å². The molecule has 0 bridgehead atoms. The Morgan fingerprint density at radius 1 is 1.57 bits per heavy atom. The normalized spacial score (nSPS) is 12.1. The van der Waals surface area contributed by atoms with Crippen molar-refractivity contribution in [3.05, 3.63) is 24.4 Å². The van der Waals surface area contributed by atoms with Gasteiger partial charge in [-0.1, -0.05) is 11.2 Å². The van der Waals surface area contributed by atoms with E-state index in [1.54, 1.807) is 0 Å². The highest BCUT2D eigenvalue weighted by Crippen LogP contribution is 2.07. The molecule has 1 rings (SSSR count). The summed E-state index contributed by atoms with van der Waals surface area (Å²) in [5, 5.41) is 17.7. The molecule has 7 heteroatoms. The van der Waals surface area contributed by atoms with Gasteiger partial charge in [-0.15, -0.1) is 0 Å². The first kappa shape index (κ1) is 10.1. The van der Waals surface area contributed by atoms with Crippen LogP contribution in [0.3, 0.4) is 0 Å². The van der Waals surface area contributed by atoms with Crippen LogP contribution in [0.2, 0.25) is 0 Å². The fraction of sp³-hybridized carbons (Fsp3) is 0. The van der Waals surface area contributed by atoms with Gasteiger partial charge in [-0.2, -0.15) is 5.26 Å². The van der Waals surface area contributed by atoms with Crippen molar-refractivity contribution in [3.8, 4) is 6.07 Å². The quantitative estimate of drug-likeness (QED) is 0.308. The van der Waals surface area contributed by atoms with Gasteiger partial charge < -0.3 is 5.21 Å². The van der Waals surface area contributed by atoms with E-state index in [0.717, 1.165) is 0 Å². The van der Waals surface area contributed by atoms with E-state index in [1.165, 1.54) is 30.5 Å². The monoisotopic (exact) mass is 211 g/mol. The molecule has 0 saturated carbocycles. The zero-order valence-electron chi connectivity index (χ0n) is 6.82. The van der Waals surface area contributed by atoms with Gasteiger partial charge in [0.15, 0.2) is 5.03 Å². The summed E-state index contributed by atoms with van der Waals surface area (Å²) in [6.45, 7) is 0. The Hall–Kier alpha value is -1.94. The molecule has 1 heterocycles. The maximum absolute atomic E-state index is 11.4. The first-order chi connectivity index (χ1) is 6.62. The summed E-state index contributed by atoms with van der Waals surface area (Å²) in [6.07, 6.45) is 1.26. The fourth-order valence-electron chi connectivity index (χ4n) is 0.741. The molecule has 0 fully saturated rings. The first-order valence-electron chi connectivity index (χ1n) is 3.41. The van der Waals surface area contributed by atoms with Gasteiger partial charge >= 0.3 is 0 Å².